The van der Waals surface area contributed by atoms with Crippen molar-refractivity contribution in [3.05, 3.63) is 34.3 Å². The summed E-state index contributed by atoms with van der Waals surface area (Å²) in [6.07, 6.45) is -3.95. The minimum atomic E-state index is -4.56. The Kier molecular flexibility index (Phi) is 4.11. The van der Waals surface area contributed by atoms with Crippen molar-refractivity contribution < 1.29 is 27.5 Å². The Balaban J connectivity index is 1.85. The summed E-state index contributed by atoms with van der Waals surface area (Å²) in [4.78, 5) is 25.3. The van der Waals surface area contributed by atoms with Crippen LogP contribution in [0.5, 0.6) is 0 Å². The predicted molar refractivity (Wildman–Crippen MR) is 78.8 cm³/mol. The number of nitrogens with zero attached hydrogens (tertiary/aromatic N) is 1. The number of carbonyl (C=O) groups excluding carboxylic acids is 2. The molecule has 2 aliphatic rings. The molecule has 1 aromatic rings. The third-order valence-electron chi connectivity index (χ3n) is 4.21. The van der Waals surface area contributed by atoms with Crippen LogP contribution in [0.15, 0.2) is 18.2 Å². The Morgan fingerprint density at radius 2 is 2.12 bits per heavy atom. The number of alkyl carbamates (subject to hydrolysis) is 1. The van der Waals surface area contributed by atoms with Crippen molar-refractivity contribution in [3.8, 4) is 0 Å². The van der Waals surface area contributed by atoms with Gasteiger partial charge in [0.1, 0.15) is 5.60 Å². The number of hydrogen-bond donors (Lipinski definition) is 1. The van der Waals surface area contributed by atoms with E-state index in [-0.39, 0.29) is 23.7 Å². The average Bonchev–Trinajstić information content (AvgIpc) is 2.86. The maximum Gasteiger partial charge on any atom is 0.416 e. The Hall–Kier alpha value is -1.96. The van der Waals surface area contributed by atoms with Crippen LogP contribution in [0.3, 0.4) is 0 Å². The van der Waals surface area contributed by atoms with Gasteiger partial charge in [0.15, 0.2) is 0 Å². The first-order valence-corrected chi connectivity index (χ1v) is 7.71. The van der Waals surface area contributed by atoms with Crippen molar-refractivity contribution in [3.63, 3.8) is 0 Å². The molecule has 1 spiro atoms. The lowest BCUT2D eigenvalue weighted by Gasteiger charge is -2.38. The van der Waals surface area contributed by atoms with Gasteiger partial charge < -0.3 is 15.0 Å². The van der Waals surface area contributed by atoms with E-state index in [2.05, 4.69) is 5.32 Å². The highest BCUT2D eigenvalue weighted by Gasteiger charge is 2.45. The van der Waals surface area contributed by atoms with Gasteiger partial charge in [0.25, 0.3) is 5.91 Å². The quantitative estimate of drug-likeness (QED) is 0.835. The van der Waals surface area contributed by atoms with E-state index in [4.69, 9.17) is 16.3 Å². The summed E-state index contributed by atoms with van der Waals surface area (Å²) in [5.74, 6) is -0.604. The zero-order chi connectivity index (χ0) is 17.5. The minimum absolute atomic E-state index is 0.0471. The van der Waals surface area contributed by atoms with Crippen LogP contribution in [-0.4, -0.2) is 42.1 Å². The first kappa shape index (κ1) is 16.9. The molecule has 0 bridgehead atoms. The highest BCUT2D eigenvalue weighted by atomic mass is 35.5. The molecule has 1 atom stereocenters. The molecular weight excluding hydrogens is 349 g/mol. The van der Waals surface area contributed by atoms with Gasteiger partial charge in [0, 0.05) is 6.54 Å². The van der Waals surface area contributed by atoms with Crippen LogP contribution >= 0.6 is 11.6 Å². The number of amides is 2. The molecule has 130 valence electrons. The molecule has 2 amide bonds. The maximum atomic E-state index is 12.9. The summed E-state index contributed by atoms with van der Waals surface area (Å²) in [5, 5.41) is 2.50. The second-order valence-electron chi connectivity index (χ2n) is 5.95. The van der Waals surface area contributed by atoms with Crippen LogP contribution in [0.25, 0.3) is 0 Å². The van der Waals surface area contributed by atoms with Crippen LogP contribution in [-0.2, 0) is 10.9 Å². The molecule has 2 heterocycles. The number of likely N-dealkylation sites (tertiary alicyclic amines) is 1. The molecule has 0 saturated carbocycles. The summed E-state index contributed by atoms with van der Waals surface area (Å²) in [5.41, 5.74) is -1.96. The van der Waals surface area contributed by atoms with E-state index in [0.29, 0.717) is 19.4 Å². The lowest BCUT2D eigenvalue weighted by Crippen LogP contribution is -2.52. The average molecular weight is 363 g/mol. The molecule has 0 radical (unpaired) electrons. The number of rotatable bonds is 1. The lowest BCUT2D eigenvalue weighted by molar-refractivity contribution is -0.137. The van der Waals surface area contributed by atoms with E-state index < -0.39 is 29.3 Å². The molecule has 2 fully saturated rings. The van der Waals surface area contributed by atoms with E-state index in [9.17, 15) is 22.8 Å². The van der Waals surface area contributed by atoms with Crippen LogP contribution in [0.1, 0.15) is 28.8 Å². The number of carbonyl (C=O) groups is 2. The molecule has 2 aliphatic heterocycles. The van der Waals surface area contributed by atoms with E-state index in [1.807, 2.05) is 0 Å². The van der Waals surface area contributed by atoms with Crippen molar-refractivity contribution in [1.82, 2.24) is 10.2 Å². The van der Waals surface area contributed by atoms with E-state index >= 15 is 0 Å². The van der Waals surface area contributed by atoms with E-state index in [0.717, 1.165) is 18.2 Å². The molecule has 1 N–H and O–H groups in total. The van der Waals surface area contributed by atoms with Crippen LogP contribution < -0.4 is 5.32 Å². The second kappa shape index (κ2) is 5.84. The number of alkyl halides is 3. The summed E-state index contributed by atoms with van der Waals surface area (Å²) < 4.78 is 43.8. The molecule has 2 saturated heterocycles. The Morgan fingerprint density at radius 3 is 2.75 bits per heavy atom. The maximum absolute atomic E-state index is 12.9. The van der Waals surface area contributed by atoms with Gasteiger partial charge in [0.05, 0.1) is 29.2 Å². The van der Waals surface area contributed by atoms with Crippen molar-refractivity contribution in [2.24, 2.45) is 0 Å². The van der Waals surface area contributed by atoms with Crippen LogP contribution in [0.4, 0.5) is 18.0 Å². The minimum Gasteiger partial charge on any atom is -0.439 e. The lowest BCUT2D eigenvalue weighted by atomic mass is 9.92. The molecular formula is C15H14ClF3N2O3. The molecule has 1 aromatic carbocycles. The number of ether oxygens (including phenoxy) is 1. The Bertz CT molecular complexity index is 695. The standard InChI is InChI=1S/C15H14ClF3N2O3/c16-11-3-2-9(15(17,18)19)6-10(11)12(22)21-5-1-4-14(8-21)7-20-13(23)24-14/h2-3,6H,1,4-5,7-8H2,(H,20,23). The summed E-state index contributed by atoms with van der Waals surface area (Å²) in [6.45, 7) is 0.758. The fraction of sp³-hybridized carbons (Fsp3) is 0.467. The first-order chi connectivity index (χ1) is 11.2. The SMILES string of the molecule is O=C1NCC2(CCCN(C(=O)c3cc(C(F)(F)F)ccc3Cl)C2)O1. The molecule has 5 nitrogen and oxygen atoms in total. The summed E-state index contributed by atoms with van der Waals surface area (Å²) >= 11 is 5.92. The third kappa shape index (κ3) is 3.15. The van der Waals surface area contributed by atoms with Crippen molar-refractivity contribution in [2.45, 2.75) is 24.6 Å². The number of nitrogens with one attached hydrogen (secondary N) is 1. The number of halogens is 4. The zero-order valence-corrected chi connectivity index (χ0v) is 13.2. The first-order valence-electron chi connectivity index (χ1n) is 7.33. The molecule has 0 aromatic heterocycles. The molecule has 0 aliphatic carbocycles. The monoisotopic (exact) mass is 362 g/mol. The number of piperidine rings is 1. The second-order valence-corrected chi connectivity index (χ2v) is 6.36. The largest absolute Gasteiger partial charge is 0.439 e. The number of hydrogen-bond acceptors (Lipinski definition) is 3. The Labute approximate surface area is 140 Å². The van der Waals surface area contributed by atoms with Gasteiger partial charge in [-0.1, -0.05) is 11.6 Å². The van der Waals surface area contributed by atoms with E-state index in [1.54, 1.807) is 0 Å². The molecule has 1 unspecified atom stereocenters. The van der Waals surface area contributed by atoms with E-state index in [1.165, 1.54) is 4.90 Å². The molecule has 9 heteroatoms. The van der Waals surface area contributed by atoms with Gasteiger partial charge in [-0.25, -0.2) is 4.79 Å². The predicted octanol–water partition coefficient (Wildman–Crippen LogP) is 3.07. The zero-order valence-electron chi connectivity index (χ0n) is 12.5. The summed E-state index contributed by atoms with van der Waals surface area (Å²) in [7, 11) is 0. The summed E-state index contributed by atoms with van der Waals surface area (Å²) in [6, 6.07) is 2.65. The van der Waals surface area contributed by atoms with Gasteiger partial charge in [0.2, 0.25) is 0 Å². The number of benzene rings is 1. The Morgan fingerprint density at radius 1 is 1.38 bits per heavy atom. The van der Waals surface area contributed by atoms with Gasteiger partial charge in [-0.05, 0) is 31.0 Å². The fourth-order valence-corrected chi connectivity index (χ4v) is 3.24. The smallest absolute Gasteiger partial charge is 0.416 e. The molecule has 24 heavy (non-hydrogen) atoms. The van der Waals surface area contributed by atoms with Gasteiger partial charge in [-0.15, -0.1) is 0 Å². The van der Waals surface area contributed by atoms with Gasteiger partial charge >= 0.3 is 12.3 Å². The van der Waals surface area contributed by atoms with Crippen LogP contribution in [0.2, 0.25) is 5.02 Å². The van der Waals surface area contributed by atoms with Crippen molar-refractivity contribution >= 4 is 23.6 Å². The topological polar surface area (TPSA) is 58.6 Å². The molecule has 3 rings (SSSR count). The van der Waals surface area contributed by atoms with Crippen molar-refractivity contribution in [2.75, 3.05) is 19.6 Å². The normalized spacial score (nSPS) is 24.0. The highest BCUT2D eigenvalue weighted by molar-refractivity contribution is 6.33. The van der Waals surface area contributed by atoms with Crippen LogP contribution in [0, 0.1) is 0 Å². The van der Waals surface area contributed by atoms with Gasteiger partial charge in [-0.3, -0.25) is 4.79 Å². The van der Waals surface area contributed by atoms with Gasteiger partial charge in [-0.2, -0.15) is 13.2 Å². The fourth-order valence-electron chi connectivity index (χ4n) is 3.04. The third-order valence-corrected chi connectivity index (χ3v) is 4.54. The highest BCUT2D eigenvalue weighted by Crippen LogP contribution is 2.34. The van der Waals surface area contributed by atoms with Crippen molar-refractivity contribution in [1.29, 1.82) is 0 Å².